The van der Waals surface area contributed by atoms with Gasteiger partial charge in [-0.15, -0.1) is 11.3 Å². The number of anilines is 2. The molecule has 0 aliphatic heterocycles. The van der Waals surface area contributed by atoms with Gasteiger partial charge in [0.1, 0.15) is 5.75 Å². The Hall–Kier alpha value is -2.22. The van der Waals surface area contributed by atoms with E-state index in [-0.39, 0.29) is 11.4 Å². The van der Waals surface area contributed by atoms with Crippen molar-refractivity contribution in [1.29, 1.82) is 0 Å². The van der Waals surface area contributed by atoms with Crippen molar-refractivity contribution in [2.24, 2.45) is 0 Å². The largest absolute Gasteiger partial charge is 0.476 e. The maximum Gasteiger partial charge on any atom is 0.387 e. The topological polar surface area (TPSA) is 71.5 Å². The first-order chi connectivity index (χ1) is 9.04. The van der Waals surface area contributed by atoms with Gasteiger partial charge in [0.25, 0.3) is 0 Å². The lowest BCUT2D eigenvalue weighted by atomic mass is 10.3. The van der Waals surface area contributed by atoms with Crippen LogP contribution in [0, 0.1) is 0 Å². The van der Waals surface area contributed by atoms with E-state index in [1.807, 2.05) is 0 Å². The van der Waals surface area contributed by atoms with Gasteiger partial charge in [0.15, 0.2) is 10.8 Å². The zero-order valence-electron chi connectivity index (χ0n) is 9.34. The molecular weight excluding hydrogens is 278 g/mol. The van der Waals surface area contributed by atoms with Gasteiger partial charge in [-0.2, -0.15) is 8.78 Å². The predicted octanol–water partition coefficient (Wildman–Crippen LogP) is 3.19. The first-order valence-electron chi connectivity index (χ1n) is 5.05. The maximum absolute atomic E-state index is 11.9. The highest BCUT2D eigenvalue weighted by atomic mass is 32.1. The second-order valence-corrected chi connectivity index (χ2v) is 4.23. The molecule has 0 aliphatic rings. The van der Waals surface area contributed by atoms with Crippen LogP contribution in [0.3, 0.4) is 0 Å². The summed E-state index contributed by atoms with van der Waals surface area (Å²) in [5.41, 5.74) is 0.540. The number of carbonyl (C=O) groups is 1. The summed E-state index contributed by atoms with van der Waals surface area (Å²) < 4.78 is 28.1. The molecule has 0 radical (unpaired) electrons. The van der Waals surface area contributed by atoms with Crippen molar-refractivity contribution in [2.45, 2.75) is 6.61 Å². The van der Waals surface area contributed by atoms with Crippen molar-refractivity contribution >= 4 is 28.1 Å². The van der Waals surface area contributed by atoms with E-state index in [0.717, 1.165) is 11.3 Å². The molecule has 0 saturated carbocycles. The average molecular weight is 286 g/mol. The van der Waals surface area contributed by atoms with E-state index in [1.54, 1.807) is 0 Å². The Kier molecular flexibility index (Phi) is 3.91. The molecule has 0 unspecified atom stereocenters. The quantitative estimate of drug-likeness (QED) is 0.883. The number of aromatic nitrogens is 1. The second kappa shape index (κ2) is 5.61. The van der Waals surface area contributed by atoms with Crippen molar-refractivity contribution in [2.75, 3.05) is 5.32 Å². The molecule has 0 fully saturated rings. The van der Waals surface area contributed by atoms with Gasteiger partial charge in [-0.05, 0) is 24.3 Å². The number of hydrogen-bond acceptors (Lipinski definition) is 5. The maximum atomic E-state index is 11.9. The summed E-state index contributed by atoms with van der Waals surface area (Å²) in [5.74, 6) is -1.06. The zero-order valence-corrected chi connectivity index (χ0v) is 10.2. The first-order valence-corrected chi connectivity index (χ1v) is 5.93. The third kappa shape index (κ3) is 3.62. The molecule has 1 heterocycles. The van der Waals surface area contributed by atoms with Crippen molar-refractivity contribution in [3.8, 4) is 5.75 Å². The monoisotopic (exact) mass is 286 g/mol. The summed E-state index contributed by atoms with van der Waals surface area (Å²) in [7, 11) is 0. The van der Waals surface area contributed by atoms with Gasteiger partial charge in [0.2, 0.25) is 0 Å². The fourth-order valence-electron chi connectivity index (χ4n) is 1.27. The smallest absolute Gasteiger partial charge is 0.387 e. The molecule has 0 amide bonds. The molecule has 8 heteroatoms. The van der Waals surface area contributed by atoms with Gasteiger partial charge < -0.3 is 15.2 Å². The van der Waals surface area contributed by atoms with Crippen LogP contribution < -0.4 is 10.1 Å². The SMILES string of the molecule is O=C(O)c1csc(Nc2ccc(OC(F)F)cc2)n1. The van der Waals surface area contributed by atoms with E-state index in [1.165, 1.54) is 29.6 Å². The Labute approximate surface area is 110 Å². The van der Waals surface area contributed by atoms with Crippen LogP contribution in [0.15, 0.2) is 29.6 Å². The van der Waals surface area contributed by atoms with E-state index < -0.39 is 12.6 Å². The summed E-state index contributed by atoms with van der Waals surface area (Å²) in [4.78, 5) is 14.5. The van der Waals surface area contributed by atoms with Crippen molar-refractivity contribution < 1.29 is 23.4 Å². The van der Waals surface area contributed by atoms with Crippen LogP contribution in [0.5, 0.6) is 5.75 Å². The lowest BCUT2D eigenvalue weighted by molar-refractivity contribution is -0.0498. The fourth-order valence-corrected chi connectivity index (χ4v) is 1.98. The zero-order chi connectivity index (χ0) is 13.8. The Morgan fingerprint density at radius 3 is 2.58 bits per heavy atom. The van der Waals surface area contributed by atoms with Crippen LogP contribution >= 0.6 is 11.3 Å². The molecule has 0 atom stereocenters. The number of hydrogen-bond donors (Lipinski definition) is 2. The normalized spacial score (nSPS) is 10.5. The number of alkyl halides is 2. The second-order valence-electron chi connectivity index (χ2n) is 3.37. The van der Waals surface area contributed by atoms with Gasteiger partial charge >= 0.3 is 12.6 Å². The number of nitrogens with zero attached hydrogens (tertiary/aromatic N) is 1. The predicted molar refractivity (Wildman–Crippen MR) is 65.4 cm³/mol. The molecule has 2 aromatic rings. The van der Waals surface area contributed by atoms with Gasteiger partial charge in [-0.1, -0.05) is 0 Å². The van der Waals surface area contributed by atoms with Crippen molar-refractivity contribution in [3.63, 3.8) is 0 Å². The van der Waals surface area contributed by atoms with E-state index in [0.29, 0.717) is 10.8 Å². The van der Waals surface area contributed by atoms with Gasteiger partial charge in [0.05, 0.1) is 0 Å². The minimum absolute atomic E-state index is 0.0471. The Morgan fingerprint density at radius 1 is 1.37 bits per heavy atom. The highest BCUT2D eigenvalue weighted by molar-refractivity contribution is 7.14. The van der Waals surface area contributed by atoms with Gasteiger partial charge in [-0.3, -0.25) is 0 Å². The number of nitrogens with one attached hydrogen (secondary N) is 1. The van der Waals surface area contributed by atoms with Crippen LogP contribution in [0.25, 0.3) is 0 Å². The van der Waals surface area contributed by atoms with Gasteiger partial charge in [-0.25, -0.2) is 9.78 Å². The minimum atomic E-state index is -2.86. The summed E-state index contributed by atoms with van der Waals surface area (Å²) >= 11 is 1.13. The molecule has 0 aliphatic carbocycles. The number of rotatable bonds is 5. The molecule has 19 heavy (non-hydrogen) atoms. The number of benzene rings is 1. The lowest BCUT2D eigenvalue weighted by Gasteiger charge is -2.06. The number of aromatic carboxylic acids is 1. The summed E-state index contributed by atoms with van der Waals surface area (Å²) in [6.07, 6.45) is 0. The molecule has 2 rings (SSSR count). The number of thiazole rings is 1. The van der Waals surface area contributed by atoms with Gasteiger partial charge in [0, 0.05) is 11.1 Å². The van der Waals surface area contributed by atoms with E-state index in [4.69, 9.17) is 5.11 Å². The molecule has 5 nitrogen and oxygen atoms in total. The third-order valence-electron chi connectivity index (χ3n) is 2.05. The first kappa shape index (κ1) is 13.2. The summed E-state index contributed by atoms with van der Waals surface area (Å²) in [5, 5.41) is 13.4. The number of carboxylic acids is 1. The van der Waals surface area contributed by atoms with Crippen molar-refractivity contribution in [1.82, 2.24) is 4.98 Å². The minimum Gasteiger partial charge on any atom is -0.476 e. The van der Waals surface area contributed by atoms with Crippen LogP contribution in [-0.4, -0.2) is 22.7 Å². The molecular formula is C11H8F2N2O3S. The summed E-state index contributed by atoms with van der Waals surface area (Å²) in [6, 6.07) is 5.81. The van der Waals surface area contributed by atoms with Crippen LogP contribution in [-0.2, 0) is 0 Å². The summed E-state index contributed by atoms with van der Waals surface area (Å²) in [6.45, 7) is -2.86. The Morgan fingerprint density at radius 2 is 2.05 bits per heavy atom. The standard InChI is InChI=1S/C11H8F2N2O3S/c12-10(13)18-7-3-1-6(2-4-7)14-11-15-8(5-19-11)9(16)17/h1-5,10H,(H,14,15)(H,16,17). The van der Waals surface area contributed by atoms with Crippen molar-refractivity contribution in [3.05, 3.63) is 35.3 Å². The van der Waals surface area contributed by atoms with Crippen LogP contribution in [0.2, 0.25) is 0 Å². The number of ether oxygens (including phenoxy) is 1. The van der Waals surface area contributed by atoms with E-state index in [9.17, 15) is 13.6 Å². The van der Waals surface area contributed by atoms with E-state index in [2.05, 4.69) is 15.0 Å². The molecule has 1 aromatic carbocycles. The molecule has 2 N–H and O–H groups in total. The molecule has 1 aromatic heterocycles. The average Bonchev–Trinajstić information content (AvgIpc) is 2.80. The fraction of sp³-hybridized carbons (Fsp3) is 0.0909. The molecule has 0 bridgehead atoms. The van der Waals surface area contributed by atoms with Crippen LogP contribution in [0.4, 0.5) is 19.6 Å². The highest BCUT2D eigenvalue weighted by Gasteiger charge is 2.09. The third-order valence-corrected chi connectivity index (χ3v) is 2.81. The lowest BCUT2D eigenvalue weighted by Crippen LogP contribution is -2.01. The van der Waals surface area contributed by atoms with E-state index >= 15 is 0 Å². The molecule has 100 valence electrons. The Bertz CT molecular complexity index is 572. The molecule has 0 spiro atoms. The number of carboxylic acid groups (broad SMARTS) is 1. The highest BCUT2D eigenvalue weighted by Crippen LogP contribution is 2.23. The molecule has 0 saturated heterocycles. The number of halogens is 2. The Balaban J connectivity index is 2.04. The van der Waals surface area contributed by atoms with Crippen LogP contribution in [0.1, 0.15) is 10.5 Å².